The highest BCUT2D eigenvalue weighted by Gasteiger charge is 2.33. The summed E-state index contributed by atoms with van der Waals surface area (Å²) in [6, 6.07) is 5.67. The summed E-state index contributed by atoms with van der Waals surface area (Å²) in [6.07, 6.45) is 1.71. The van der Waals surface area contributed by atoms with Crippen LogP contribution in [0.5, 0.6) is 0 Å². The number of ether oxygens (including phenoxy) is 1. The van der Waals surface area contributed by atoms with Crippen molar-refractivity contribution in [1.82, 2.24) is 20.5 Å². The molecule has 41 heavy (non-hydrogen) atoms. The summed E-state index contributed by atoms with van der Waals surface area (Å²) >= 11 is 0. The van der Waals surface area contributed by atoms with Crippen molar-refractivity contribution in [2.24, 2.45) is 0 Å². The fourth-order valence-electron chi connectivity index (χ4n) is 4.58. The lowest BCUT2D eigenvalue weighted by atomic mass is 9.80. The quantitative estimate of drug-likeness (QED) is 0.242. The molecule has 2 heterocycles. The number of carbonyl (C=O) groups is 1. The molecule has 0 unspecified atom stereocenters. The molecule has 0 bridgehead atoms. The van der Waals surface area contributed by atoms with Crippen LogP contribution in [-0.2, 0) is 10.2 Å². The van der Waals surface area contributed by atoms with Crippen molar-refractivity contribution in [3.05, 3.63) is 29.3 Å². The molecule has 2 aromatic heterocycles. The van der Waals surface area contributed by atoms with E-state index in [4.69, 9.17) is 14.1 Å². The zero-order valence-electron chi connectivity index (χ0n) is 24.6. The van der Waals surface area contributed by atoms with Crippen LogP contribution in [0.1, 0.15) is 71.9 Å². The number of aromatic nitrogens is 3. The second-order valence-electron chi connectivity index (χ2n) is 12.4. The van der Waals surface area contributed by atoms with Gasteiger partial charge in [0.15, 0.2) is 6.67 Å². The molecule has 9 nitrogen and oxygen atoms in total. The first-order valence-electron chi connectivity index (χ1n) is 13.8. The lowest BCUT2D eigenvalue weighted by molar-refractivity contribution is -0.00883. The smallest absolute Gasteiger partial charge is 0.407 e. The standard InChI is InChI=1S/C29H39F3N6O3/c1-8-28(6,7)21-13-17(33-15-29(31,32)14-30)12-20-16(2)9-22(36-23(20)21)24-37-38-25(40-24)34-18-10-19(11-18)35-26(39)41-27(3,4)5/h9,12-13,18-19,33H,8,10-11,14-15H2,1-7H3,(H,34,38)(H,35,39). The van der Waals surface area contributed by atoms with Crippen LogP contribution in [0.3, 0.4) is 0 Å². The second kappa shape index (κ2) is 11.4. The van der Waals surface area contributed by atoms with Crippen LogP contribution in [0.2, 0.25) is 0 Å². The summed E-state index contributed by atoms with van der Waals surface area (Å²) in [5.41, 5.74) is 2.51. The summed E-state index contributed by atoms with van der Waals surface area (Å²) in [5.74, 6) is -3.21. The number of alkyl carbamates (subject to hydrolysis) is 1. The number of aryl methyl sites for hydroxylation is 1. The van der Waals surface area contributed by atoms with Crippen molar-refractivity contribution in [2.75, 3.05) is 23.9 Å². The fraction of sp³-hybridized carbons (Fsp3) is 0.586. The van der Waals surface area contributed by atoms with Crippen molar-refractivity contribution in [3.8, 4) is 11.6 Å². The highest BCUT2D eigenvalue weighted by atomic mass is 19.3. The minimum Gasteiger partial charge on any atom is -0.444 e. The number of nitrogens with one attached hydrogen (secondary N) is 3. The monoisotopic (exact) mass is 576 g/mol. The summed E-state index contributed by atoms with van der Waals surface area (Å²) < 4.78 is 51.1. The van der Waals surface area contributed by atoms with Crippen molar-refractivity contribution in [1.29, 1.82) is 0 Å². The van der Waals surface area contributed by atoms with Gasteiger partial charge in [0.2, 0.25) is 0 Å². The van der Waals surface area contributed by atoms with E-state index in [0.29, 0.717) is 29.7 Å². The van der Waals surface area contributed by atoms with E-state index in [1.165, 1.54) is 0 Å². The fourth-order valence-corrected chi connectivity index (χ4v) is 4.58. The molecule has 1 aromatic carbocycles. The highest BCUT2D eigenvalue weighted by Crippen LogP contribution is 2.37. The molecule has 1 fully saturated rings. The summed E-state index contributed by atoms with van der Waals surface area (Å²) in [6.45, 7) is 11.0. The average molecular weight is 577 g/mol. The van der Waals surface area contributed by atoms with Crippen LogP contribution in [0.15, 0.2) is 22.6 Å². The Hall–Kier alpha value is -3.57. The Kier molecular flexibility index (Phi) is 8.42. The third kappa shape index (κ3) is 7.39. The number of hydrogen-bond donors (Lipinski definition) is 3. The van der Waals surface area contributed by atoms with E-state index in [2.05, 4.69) is 40.0 Å². The Labute approximate surface area is 238 Å². The number of carbonyl (C=O) groups excluding carboxylic acids is 1. The maximum absolute atomic E-state index is 13.6. The van der Waals surface area contributed by atoms with Gasteiger partial charge in [-0.25, -0.2) is 22.9 Å². The molecule has 0 spiro atoms. The Morgan fingerprint density at radius 2 is 1.80 bits per heavy atom. The number of rotatable bonds is 10. The van der Waals surface area contributed by atoms with Crippen LogP contribution in [0, 0.1) is 6.92 Å². The van der Waals surface area contributed by atoms with Crippen molar-refractivity contribution < 1.29 is 27.1 Å². The zero-order chi connectivity index (χ0) is 30.2. The molecule has 224 valence electrons. The minimum absolute atomic E-state index is 0.00234. The van der Waals surface area contributed by atoms with Gasteiger partial charge in [0.25, 0.3) is 11.8 Å². The van der Waals surface area contributed by atoms with Crippen LogP contribution < -0.4 is 16.0 Å². The van der Waals surface area contributed by atoms with Crippen LogP contribution >= 0.6 is 0 Å². The van der Waals surface area contributed by atoms with E-state index < -0.39 is 30.8 Å². The lowest BCUT2D eigenvalue weighted by Crippen LogP contribution is -2.50. The molecule has 1 aliphatic carbocycles. The van der Waals surface area contributed by atoms with Crippen molar-refractivity contribution >= 4 is 28.7 Å². The number of benzene rings is 1. The van der Waals surface area contributed by atoms with E-state index in [9.17, 15) is 18.0 Å². The van der Waals surface area contributed by atoms with Gasteiger partial charge in [-0.15, -0.1) is 5.10 Å². The third-order valence-electron chi connectivity index (χ3n) is 7.31. The SMILES string of the molecule is CCC(C)(C)c1cc(NCC(F)(F)CF)cc2c(C)cc(-c3nnc(NC4CC(NC(=O)OC(C)(C)C)C4)o3)nc12. The van der Waals surface area contributed by atoms with E-state index in [-0.39, 0.29) is 29.4 Å². The largest absolute Gasteiger partial charge is 0.444 e. The molecule has 1 aliphatic rings. The zero-order valence-corrected chi connectivity index (χ0v) is 24.6. The summed E-state index contributed by atoms with van der Waals surface area (Å²) in [4.78, 5) is 16.8. The normalized spacial score (nSPS) is 17.7. The van der Waals surface area contributed by atoms with Gasteiger partial charge in [0.1, 0.15) is 11.3 Å². The molecule has 0 atom stereocenters. The van der Waals surface area contributed by atoms with Crippen LogP contribution in [-0.4, -0.2) is 58.1 Å². The lowest BCUT2D eigenvalue weighted by Gasteiger charge is -2.36. The van der Waals surface area contributed by atoms with Gasteiger partial charge in [-0.05, 0) is 81.7 Å². The predicted molar refractivity (Wildman–Crippen MR) is 152 cm³/mol. The Morgan fingerprint density at radius 3 is 2.44 bits per heavy atom. The van der Waals surface area contributed by atoms with Crippen LogP contribution in [0.4, 0.5) is 29.7 Å². The second-order valence-corrected chi connectivity index (χ2v) is 12.4. The molecule has 1 saturated carbocycles. The first-order chi connectivity index (χ1) is 19.1. The molecule has 0 radical (unpaired) electrons. The van der Waals surface area contributed by atoms with E-state index in [1.807, 2.05) is 40.7 Å². The van der Waals surface area contributed by atoms with Gasteiger partial charge in [0.05, 0.1) is 12.1 Å². The van der Waals surface area contributed by atoms with Gasteiger partial charge in [-0.2, -0.15) is 0 Å². The number of pyridine rings is 1. The molecular formula is C29H39F3N6O3. The Balaban J connectivity index is 1.52. The maximum atomic E-state index is 13.6. The molecular weight excluding hydrogens is 537 g/mol. The van der Waals surface area contributed by atoms with E-state index in [1.54, 1.807) is 12.1 Å². The maximum Gasteiger partial charge on any atom is 0.407 e. The van der Waals surface area contributed by atoms with E-state index in [0.717, 1.165) is 22.9 Å². The predicted octanol–water partition coefficient (Wildman–Crippen LogP) is 6.77. The van der Waals surface area contributed by atoms with Crippen molar-refractivity contribution in [2.45, 2.75) is 96.8 Å². The number of alkyl halides is 3. The van der Waals surface area contributed by atoms with Gasteiger partial charge in [0, 0.05) is 23.2 Å². The molecule has 3 N–H and O–H groups in total. The molecule has 0 aliphatic heterocycles. The Bertz CT molecular complexity index is 1400. The van der Waals surface area contributed by atoms with Gasteiger partial charge in [-0.3, -0.25) is 0 Å². The van der Waals surface area contributed by atoms with Gasteiger partial charge < -0.3 is 25.1 Å². The van der Waals surface area contributed by atoms with Crippen molar-refractivity contribution in [3.63, 3.8) is 0 Å². The Morgan fingerprint density at radius 1 is 1.10 bits per heavy atom. The molecule has 12 heteroatoms. The number of nitrogens with zero attached hydrogens (tertiary/aromatic N) is 3. The third-order valence-corrected chi connectivity index (χ3v) is 7.31. The number of amides is 1. The first-order valence-corrected chi connectivity index (χ1v) is 13.8. The summed E-state index contributed by atoms with van der Waals surface area (Å²) in [7, 11) is 0. The molecule has 4 rings (SSSR count). The average Bonchev–Trinajstić information content (AvgIpc) is 3.33. The number of anilines is 2. The minimum atomic E-state index is -3.45. The number of fused-ring (bicyclic) bond motifs is 1. The summed E-state index contributed by atoms with van der Waals surface area (Å²) in [5, 5.41) is 17.8. The molecule has 3 aromatic rings. The first kappa shape index (κ1) is 30.4. The molecule has 0 saturated heterocycles. The number of halogens is 3. The number of hydrogen-bond acceptors (Lipinski definition) is 8. The van der Waals surface area contributed by atoms with Gasteiger partial charge in [-0.1, -0.05) is 25.9 Å². The van der Waals surface area contributed by atoms with Crippen LogP contribution in [0.25, 0.3) is 22.5 Å². The topological polar surface area (TPSA) is 114 Å². The van der Waals surface area contributed by atoms with Gasteiger partial charge >= 0.3 is 12.1 Å². The molecule has 1 amide bonds. The van der Waals surface area contributed by atoms with E-state index >= 15 is 0 Å². The highest BCUT2D eigenvalue weighted by molar-refractivity contribution is 5.91.